The Labute approximate surface area is 68.3 Å². The average molecular weight is 152 g/mol. The highest BCUT2D eigenvalue weighted by Gasteiger charge is 2.20. The smallest absolute Gasteiger partial charge is 0.0951 e. The molecule has 0 spiro atoms. The fourth-order valence-corrected chi connectivity index (χ4v) is 1.19. The van der Waals surface area contributed by atoms with E-state index in [0.717, 1.165) is 12.8 Å². The molecular formula is C9H16N2. The van der Waals surface area contributed by atoms with Gasteiger partial charge in [0.05, 0.1) is 6.33 Å². The van der Waals surface area contributed by atoms with Gasteiger partial charge in [-0.15, -0.1) is 0 Å². The summed E-state index contributed by atoms with van der Waals surface area (Å²) in [6.45, 7) is 6.68. The highest BCUT2D eigenvalue weighted by molar-refractivity contribution is 4.87. The molecular weight excluding hydrogens is 136 g/mol. The summed E-state index contributed by atoms with van der Waals surface area (Å²) < 4.78 is 2.19. The molecule has 0 atom stereocenters. The summed E-state index contributed by atoms with van der Waals surface area (Å²) in [7, 11) is 0. The van der Waals surface area contributed by atoms with E-state index in [-0.39, 0.29) is 5.54 Å². The summed E-state index contributed by atoms with van der Waals surface area (Å²) in [6, 6.07) is 0. The van der Waals surface area contributed by atoms with Gasteiger partial charge >= 0.3 is 0 Å². The van der Waals surface area contributed by atoms with Crippen LogP contribution >= 0.6 is 0 Å². The second-order valence-electron chi connectivity index (χ2n) is 3.17. The summed E-state index contributed by atoms with van der Waals surface area (Å²) in [5.41, 5.74) is 0.260. The molecule has 0 saturated heterocycles. The summed E-state index contributed by atoms with van der Waals surface area (Å²) in [4.78, 5) is 4.05. The first-order valence-corrected chi connectivity index (χ1v) is 4.21. The highest BCUT2D eigenvalue weighted by Crippen LogP contribution is 2.23. The Bertz CT molecular complexity index is 197. The van der Waals surface area contributed by atoms with Crippen LogP contribution in [-0.4, -0.2) is 9.55 Å². The third-order valence-electron chi connectivity index (χ3n) is 2.65. The molecule has 2 heteroatoms. The molecule has 1 heterocycles. The molecule has 0 fully saturated rings. The van der Waals surface area contributed by atoms with Crippen LogP contribution in [0.3, 0.4) is 0 Å². The topological polar surface area (TPSA) is 17.8 Å². The van der Waals surface area contributed by atoms with Crippen LogP contribution in [0.25, 0.3) is 0 Å². The maximum Gasteiger partial charge on any atom is 0.0951 e. The monoisotopic (exact) mass is 152 g/mol. The van der Waals surface area contributed by atoms with E-state index < -0.39 is 0 Å². The molecule has 62 valence electrons. The SMILES string of the molecule is CCC(C)(CC)n1ccnc1. The van der Waals surface area contributed by atoms with E-state index in [2.05, 4.69) is 30.3 Å². The molecule has 0 saturated carbocycles. The maximum absolute atomic E-state index is 4.05. The zero-order chi connectivity index (χ0) is 8.32. The maximum atomic E-state index is 4.05. The van der Waals surface area contributed by atoms with Crippen LogP contribution < -0.4 is 0 Å². The Hall–Kier alpha value is -0.790. The number of imidazole rings is 1. The standard InChI is InChI=1S/C9H16N2/c1-4-9(3,5-2)11-7-6-10-8-11/h6-8H,4-5H2,1-3H3. The van der Waals surface area contributed by atoms with Gasteiger partial charge in [0, 0.05) is 17.9 Å². The van der Waals surface area contributed by atoms with E-state index in [0.29, 0.717) is 0 Å². The van der Waals surface area contributed by atoms with Crippen molar-refractivity contribution in [3.05, 3.63) is 18.7 Å². The zero-order valence-corrected chi connectivity index (χ0v) is 7.54. The van der Waals surface area contributed by atoms with Crippen LogP contribution in [0.2, 0.25) is 0 Å². The van der Waals surface area contributed by atoms with Gasteiger partial charge in [-0.1, -0.05) is 13.8 Å². The number of nitrogens with zero attached hydrogens (tertiary/aromatic N) is 2. The van der Waals surface area contributed by atoms with E-state index in [9.17, 15) is 0 Å². The normalized spacial score (nSPS) is 11.9. The number of hydrogen-bond acceptors (Lipinski definition) is 1. The minimum atomic E-state index is 0.260. The number of hydrogen-bond donors (Lipinski definition) is 0. The Balaban J connectivity index is 2.87. The quantitative estimate of drug-likeness (QED) is 0.650. The lowest BCUT2D eigenvalue weighted by atomic mass is 9.95. The molecule has 0 aliphatic heterocycles. The lowest BCUT2D eigenvalue weighted by molar-refractivity contribution is 0.294. The fraction of sp³-hybridized carbons (Fsp3) is 0.667. The van der Waals surface area contributed by atoms with E-state index in [1.165, 1.54) is 0 Å². The number of rotatable bonds is 3. The van der Waals surface area contributed by atoms with Gasteiger partial charge in [0.1, 0.15) is 0 Å². The Morgan fingerprint density at radius 3 is 2.36 bits per heavy atom. The van der Waals surface area contributed by atoms with Crippen molar-refractivity contribution in [2.24, 2.45) is 0 Å². The second kappa shape index (κ2) is 3.07. The van der Waals surface area contributed by atoms with Crippen molar-refractivity contribution in [2.45, 2.75) is 39.2 Å². The van der Waals surface area contributed by atoms with E-state index in [1.54, 1.807) is 0 Å². The molecule has 1 aromatic rings. The molecule has 1 aromatic heterocycles. The van der Waals surface area contributed by atoms with Crippen LogP contribution in [0.15, 0.2) is 18.7 Å². The lowest BCUT2D eigenvalue weighted by Gasteiger charge is -2.28. The van der Waals surface area contributed by atoms with Gasteiger partial charge in [0.25, 0.3) is 0 Å². The van der Waals surface area contributed by atoms with Crippen LogP contribution in [-0.2, 0) is 5.54 Å². The van der Waals surface area contributed by atoms with Gasteiger partial charge in [-0.05, 0) is 19.8 Å². The summed E-state index contributed by atoms with van der Waals surface area (Å²) in [5, 5.41) is 0. The Kier molecular flexibility index (Phi) is 2.32. The molecule has 0 N–H and O–H groups in total. The lowest BCUT2D eigenvalue weighted by Crippen LogP contribution is -2.26. The van der Waals surface area contributed by atoms with E-state index >= 15 is 0 Å². The first kappa shape index (κ1) is 8.31. The van der Waals surface area contributed by atoms with Gasteiger partial charge in [-0.25, -0.2) is 4.98 Å². The average Bonchev–Trinajstić information content (AvgIpc) is 2.55. The van der Waals surface area contributed by atoms with Gasteiger partial charge in [-0.2, -0.15) is 0 Å². The first-order chi connectivity index (χ1) is 5.23. The Morgan fingerprint density at radius 2 is 2.00 bits per heavy atom. The van der Waals surface area contributed by atoms with Crippen molar-refractivity contribution in [1.29, 1.82) is 0 Å². The summed E-state index contributed by atoms with van der Waals surface area (Å²) >= 11 is 0. The van der Waals surface area contributed by atoms with Crippen molar-refractivity contribution in [1.82, 2.24) is 9.55 Å². The predicted octanol–water partition coefficient (Wildman–Crippen LogP) is 2.42. The molecule has 0 aromatic carbocycles. The molecule has 11 heavy (non-hydrogen) atoms. The minimum Gasteiger partial charge on any atom is -0.332 e. The van der Waals surface area contributed by atoms with Crippen molar-refractivity contribution < 1.29 is 0 Å². The van der Waals surface area contributed by atoms with Crippen molar-refractivity contribution in [2.75, 3.05) is 0 Å². The molecule has 1 rings (SSSR count). The molecule has 2 nitrogen and oxygen atoms in total. The van der Waals surface area contributed by atoms with E-state index in [4.69, 9.17) is 0 Å². The largest absolute Gasteiger partial charge is 0.332 e. The van der Waals surface area contributed by atoms with Crippen molar-refractivity contribution in [3.8, 4) is 0 Å². The molecule has 0 aliphatic rings. The van der Waals surface area contributed by atoms with Crippen molar-refractivity contribution >= 4 is 0 Å². The van der Waals surface area contributed by atoms with E-state index in [1.807, 2.05) is 18.7 Å². The number of aromatic nitrogens is 2. The third-order valence-corrected chi connectivity index (χ3v) is 2.65. The van der Waals surface area contributed by atoms with Crippen LogP contribution in [0.1, 0.15) is 33.6 Å². The summed E-state index contributed by atoms with van der Waals surface area (Å²) in [5.74, 6) is 0. The molecule has 0 aliphatic carbocycles. The molecule has 0 radical (unpaired) electrons. The van der Waals surface area contributed by atoms with Crippen LogP contribution in [0, 0.1) is 0 Å². The third kappa shape index (κ3) is 1.44. The molecule has 0 bridgehead atoms. The predicted molar refractivity (Wildman–Crippen MR) is 46.5 cm³/mol. The Morgan fingerprint density at radius 1 is 1.36 bits per heavy atom. The van der Waals surface area contributed by atoms with Gasteiger partial charge in [0.2, 0.25) is 0 Å². The zero-order valence-electron chi connectivity index (χ0n) is 7.54. The first-order valence-electron chi connectivity index (χ1n) is 4.21. The highest BCUT2D eigenvalue weighted by atomic mass is 15.1. The summed E-state index contributed by atoms with van der Waals surface area (Å²) in [6.07, 6.45) is 8.07. The molecule has 0 amide bonds. The van der Waals surface area contributed by atoms with Gasteiger partial charge in [-0.3, -0.25) is 0 Å². The minimum absolute atomic E-state index is 0.260. The van der Waals surface area contributed by atoms with Crippen LogP contribution in [0.4, 0.5) is 0 Å². The second-order valence-corrected chi connectivity index (χ2v) is 3.17. The molecule has 0 unspecified atom stereocenters. The van der Waals surface area contributed by atoms with Crippen LogP contribution in [0.5, 0.6) is 0 Å². The fourth-order valence-electron chi connectivity index (χ4n) is 1.19. The van der Waals surface area contributed by atoms with Gasteiger partial charge in [0.15, 0.2) is 0 Å². The van der Waals surface area contributed by atoms with Gasteiger partial charge < -0.3 is 4.57 Å². The van der Waals surface area contributed by atoms with Crippen molar-refractivity contribution in [3.63, 3.8) is 0 Å².